The molecule has 5 nitrogen and oxygen atoms in total. The summed E-state index contributed by atoms with van der Waals surface area (Å²) in [7, 11) is 0. The molecule has 1 atom stereocenters. The van der Waals surface area contributed by atoms with E-state index in [0.717, 1.165) is 5.56 Å². The Kier molecular flexibility index (Phi) is 4.26. The molecule has 0 fully saturated rings. The summed E-state index contributed by atoms with van der Waals surface area (Å²) < 4.78 is 0. The largest absolute Gasteiger partial charge is 0.324 e. The number of H-pyrrole nitrogens is 1. The monoisotopic (exact) mass is 385 g/mol. The lowest BCUT2D eigenvalue weighted by atomic mass is 9.84. The number of rotatable bonds is 2. The summed E-state index contributed by atoms with van der Waals surface area (Å²) in [5.41, 5.74) is 2.29. The second-order valence-electron chi connectivity index (χ2n) is 6.00. The number of fused-ring (bicyclic) bond motifs is 1. The van der Waals surface area contributed by atoms with Gasteiger partial charge >= 0.3 is 0 Å². The van der Waals surface area contributed by atoms with Crippen LogP contribution < -0.4 is 10.9 Å². The van der Waals surface area contributed by atoms with E-state index >= 15 is 0 Å². The molecule has 4 rings (SSSR count). The molecule has 0 saturated heterocycles. The Balaban J connectivity index is 1.99. The van der Waals surface area contributed by atoms with E-state index in [-0.39, 0.29) is 17.9 Å². The van der Waals surface area contributed by atoms with E-state index in [0.29, 0.717) is 32.6 Å². The molecule has 130 valence electrons. The first-order valence-corrected chi connectivity index (χ1v) is 8.73. The standard InChI is InChI=1S/C19H13Cl2N3O2/c20-12-7-4-8-13(21)15(12)11-9-14(25)22-18-16(11)19(26)24-23-17(18)10-5-2-1-3-6-10/h1-8,11H,9H2,(H,22,25)(H,24,26). The average Bonchev–Trinajstić information content (AvgIpc) is 2.62. The van der Waals surface area contributed by atoms with Gasteiger partial charge in [-0.25, -0.2) is 5.10 Å². The number of carbonyl (C=O) groups is 1. The van der Waals surface area contributed by atoms with E-state index in [9.17, 15) is 9.59 Å². The molecule has 0 bridgehead atoms. The van der Waals surface area contributed by atoms with Gasteiger partial charge in [0, 0.05) is 27.9 Å². The van der Waals surface area contributed by atoms with Gasteiger partial charge in [0.15, 0.2) is 0 Å². The van der Waals surface area contributed by atoms with E-state index in [2.05, 4.69) is 15.5 Å². The fourth-order valence-electron chi connectivity index (χ4n) is 3.30. The minimum atomic E-state index is -0.547. The lowest BCUT2D eigenvalue weighted by Gasteiger charge is -2.27. The summed E-state index contributed by atoms with van der Waals surface area (Å²) in [5, 5.41) is 10.3. The zero-order valence-electron chi connectivity index (χ0n) is 13.4. The zero-order valence-corrected chi connectivity index (χ0v) is 14.9. The van der Waals surface area contributed by atoms with Crippen molar-refractivity contribution in [1.82, 2.24) is 10.2 Å². The van der Waals surface area contributed by atoms with Crippen molar-refractivity contribution < 1.29 is 4.79 Å². The third-order valence-electron chi connectivity index (χ3n) is 4.42. The molecule has 1 aromatic heterocycles. The Morgan fingerprint density at radius 1 is 0.923 bits per heavy atom. The fraction of sp³-hybridized carbons (Fsp3) is 0.105. The number of hydrogen-bond donors (Lipinski definition) is 2. The van der Waals surface area contributed by atoms with Gasteiger partial charge in [0.1, 0.15) is 5.69 Å². The van der Waals surface area contributed by atoms with Gasteiger partial charge in [-0.15, -0.1) is 0 Å². The van der Waals surface area contributed by atoms with Crippen molar-refractivity contribution in [3.63, 3.8) is 0 Å². The van der Waals surface area contributed by atoms with E-state index in [1.165, 1.54) is 0 Å². The van der Waals surface area contributed by atoms with Crippen LogP contribution in [-0.4, -0.2) is 16.1 Å². The highest BCUT2D eigenvalue weighted by Gasteiger charge is 2.34. The zero-order chi connectivity index (χ0) is 18.3. The number of hydrogen-bond acceptors (Lipinski definition) is 3. The van der Waals surface area contributed by atoms with Gasteiger partial charge in [0.05, 0.1) is 11.3 Å². The molecule has 1 unspecified atom stereocenters. The van der Waals surface area contributed by atoms with Crippen LogP contribution in [0.3, 0.4) is 0 Å². The molecule has 7 heteroatoms. The quantitative estimate of drug-likeness (QED) is 0.693. The van der Waals surface area contributed by atoms with Crippen LogP contribution in [0.1, 0.15) is 23.5 Å². The minimum absolute atomic E-state index is 0.0811. The van der Waals surface area contributed by atoms with E-state index < -0.39 is 5.92 Å². The van der Waals surface area contributed by atoms with Crippen LogP contribution in [-0.2, 0) is 4.79 Å². The molecule has 0 spiro atoms. The second-order valence-corrected chi connectivity index (χ2v) is 6.81. The highest BCUT2D eigenvalue weighted by Crippen LogP contribution is 2.43. The van der Waals surface area contributed by atoms with Gasteiger partial charge in [-0.05, 0) is 17.7 Å². The average molecular weight is 386 g/mol. The highest BCUT2D eigenvalue weighted by molar-refractivity contribution is 6.36. The fourth-order valence-corrected chi connectivity index (χ4v) is 3.96. The van der Waals surface area contributed by atoms with Crippen LogP contribution in [0.15, 0.2) is 53.3 Å². The number of benzene rings is 2. The molecule has 1 amide bonds. The van der Waals surface area contributed by atoms with Crippen molar-refractivity contribution in [2.24, 2.45) is 0 Å². The van der Waals surface area contributed by atoms with Crippen LogP contribution >= 0.6 is 23.2 Å². The normalized spacial score (nSPS) is 16.1. The number of nitrogens with one attached hydrogen (secondary N) is 2. The lowest BCUT2D eigenvalue weighted by molar-refractivity contribution is -0.116. The number of aromatic amines is 1. The van der Waals surface area contributed by atoms with Crippen molar-refractivity contribution in [2.75, 3.05) is 5.32 Å². The number of aromatic nitrogens is 2. The van der Waals surface area contributed by atoms with Crippen LogP contribution in [0.25, 0.3) is 11.3 Å². The molecule has 2 aromatic carbocycles. The molecular formula is C19H13Cl2N3O2. The Morgan fingerprint density at radius 2 is 1.62 bits per heavy atom. The first-order chi connectivity index (χ1) is 12.6. The van der Waals surface area contributed by atoms with Crippen LogP contribution in [0.5, 0.6) is 0 Å². The maximum Gasteiger partial charge on any atom is 0.270 e. The molecule has 1 aliphatic rings. The molecule has 26 heavy (non-hydrogen) atoms. The molecule has 2 heterocycles. The highest BCUT2D eigenvalue weighted by atomic mass is 35.5. The minimum Gasteiger partial charge on any atom is -0.324 e. The van der Waals surface area contributed by atoms with Crippen LogP contribution in [0, 0.1) is 0 Å². The van der Waals surface area contributed by atoms with E-state index in [4.69, 9.17) is 23.2 Å². The summed E-state index contributed by atoms with van der Waals surface area (Å²) in [6.07, 6.45) is 0.0811. The summed E-state index contributed by atoms with van der Waals surface area (Å²) in [5.74, 6) is -0.766. The molecule has 0 aliphatic carbocycles. The smallest absolute Gasteiger partial charge is 0.270 e. The first-order valence-electron chi connectivity index (χ1n) is 7.98. The van der Waals surface area contributed by atoms with Crippen LogP contribution in [0.2, 0.25) is 10.0 Å². The molecular weight excluding hydrogens is 373 g/mol. The van der Waals surface area contributed by atoms with Gasteiger partial charge in [-0.2, -0.15) is 5.10 Å². The molecule has 0 saturated carbocycles. The number of anilines is 1. The van der Waals surface area contributed by atoms with Crippen molar-refractivity contribution in [3.8, 4) is 11.3 Å². The second kappa shape index (κ2) is 6.59. The van der Waals surface area contributed by atoms with Crippen molar-refractivity contribution >= 4 is 34.8 Å². The Hall–Kier alpha value is -2.63. The Bertz CT molecular complexity index is 1040. The number of nitrogens with zero attached hydrogens (tertiary/aromatic N) is 1. The van der Waals surface area contributed by atoms with Gasteiger partial charge in [0.2, 0.25) is 5.91 Å². The lowest BCUT2D eigenvalue weighted by Crippen LogP contribution is -2.31. The summed E-state index contributed by atoms with van der Waals surface area (Å²) in [4.78, 5) is 25.0. The first kappa shape index (κ1) is 16.8. The molecule has 1 aliphatic heterocycles. The maximum atomic E-state index is 12.6. The van der Waals surface area contributed by atoms with Crippen molar-refractivity contribution in [1.29, 1.82) is 0 Å². The van der Waals surface area contributed by atoms with E-state index in [1.54, 1.807) is 18.2 Å². The van der Waals surface area contributed by atoms with Gasteiger partial charge in [-0.1, -0.05) is 59.6 Å². The number of carbonyl (C=O) groups excluding carboxylic acids is 1. The van der Waals surface area contributed by atoms with Gasteiger partial charge in [-0.3, -0.25) is 9.59 Å². The van der Waals surface area contributed by atoms with Crippen molar-refractivity contribution in [3.05, 3.63) is 80.1 Å². The Morgan fingerprint density at radius 3 is 2.31 bits per heavy atom. The van der Waals surface area contributed by atoms with Crippen LogP contribution in [0.4, 0.5) is 5.69 Å². The third kappa shape index (κ3) is 2.79. The summed E-state index contributed by atoms with van der Waals surface area (Å²) >= 11 is 12.7. The summed E-state index contributed by atoms with van der Waals surface area (Å²) in [6.45, 7) is 0. The molecule has 0 radical (unpaired) electrons. The predicted molar refractivity (Wildman–Crippen MR) is 102 cm³/mol. The molecule has 2 N–H and O–H groups in total. The number of halogens is 2. The molecule has 3 aromatic rings. The maximum absolute atomic E-state index is 12.6. The SMILES string of the molecule is O=C1CC(c2c(Cl)cccc2Cl)c2c(c(-c3ccccc3)n[nH]c2=O)N1. The third-order valence-corrected chi connectivity index (χ3v) is 5.08. The van der Waals surface area contributed by atoms with E-state index in [1.807, 2.05) is 30.3 Å². The predicted octanol–water partition coefficient (Wildman–Crippen LogP) is 4.22. The van der Waals surface area contributed by atoms with Gasteiger partial charge in [0.25, 0.3) is 5.56 Å². The van der Waals surface area contributed by atoms with Gasteiger partial charge < -0.3 is 5.32 Å². The topological polar surface area (TPSA) is 74.8 Å². The summed E-state index contributed by atoms with van der Waals surface area (Å²) in [6, 6.07) is 14.4. The number of amides is 1. The van der Waals surface area contributed by atoms with Crippen molar-refractivity contribution in [2.45, 2.75) is 12.3 Å². The Labute approximate surface area is 159 Å².